The third-order valence-electron chi connectivity index (χ3n) is 4.75. The van der Waals surface area contributed by atoms with Gasteiger partial charge >= 0.3 is 5.97 Å². The summed E-state index contributed by atoms with van der Waals surface area (Å²) in [6.07, 6.45) is -0.322. The number of nitrogens with one attached hydrogen (secondary N) is 1. The molecule has 1 aliphatic rings. The zero-order valence-electron chi connectivity index (χ0n) is 15.5. The Hall–Kier alpha value is -1.87. The smallest absolute Gasteiger partial charge is 0.355 e. The molecule has 0 saturated carbocycles. The number of rotatable bonds is 6. The Morgan fingerprint density at radius 2 is 2.04 bits per heavy atom. The monoisotopic (exact) mass is 386 g/mol. The van der Waals surface area contributed by atoms with Crippen molar-refractivity contribution < 1.29 is 27.9 Å². The Labute approximate surface area is 153 Å². The molecule has 0 aliphatic carbocycles. The number of aromatic amines is 1. The number of aryl methyl sites for hydroxylation is 1. The molecule has 2 rings (SSSR count). The number of hydrogen-bond acceptors (Lipinski definition) is 6. The summed E-state index contributed by atoms with van der Waals surface area (Å²) >= 11 is 0. The number of aromatic nitrogens is 1. The first-order valence-electron chi connectivity index (χ1n) is 8.61. The molecule has 1 fully saturated rings. The van der Waals surface area contributed by atoms with Crippen LogP contribution in [0, 0.1) is 13.8 Å². The molecule has 2 N–H and O–H groups in total. The zero-order chi connectivity index (χ0) is 19.6. The third-order valence-corrected chi connectivity index (χ3v) is 6.50. The van der Waals surface area contributed by atoms with Crippen molar-refractivity contribution in [1.82, 2.24) is 9.88 Å². The Kier molecular flexibility index (Phi) is 6.13. The van der Waals surface area contributed by atoms with E-state index in [-0.39, 0.29) is 23.2 Å². The predicted molar refractivity (Wildman–Crippen MR) is 95.6 cm³/mol. The number of hydrogen-bond donors (Lipinski definition) is 2. The lowest BCUT2D eigenvalue weighted by atomic mass is 10.1. The SMILES string of the molecule is CCN(C(=O)COC(=O)c1[nH]c(C)c([C@@H](C)O)c1C)[C@@H]1CCS(=O)(=O)C1. The standard InChI is InChI=1S/C17H26N2O6S/c1-5-19(13-6-7-26(23,24)9-13)14(21)8-25-17(22)16-10(2)15(12(4)20)11(3)18-16/h12-13,18,20H,5-9H2,1-4H3/t12-,13-/m1/s1. The highest BCUT2D eigenvalue weighted by Gasteiger charge is 2.34. The number of amides is 1. The molecule has 1 aromatic heterocycles. The van der Waals surface area contributed by atoms with E-state index >= 15 is 0 Å². The van der Waals surface area contributed by atoms with Crippen LogP contribution >= 0.6 is 0 Å². The number of nitrogens with zero attached hydrogens (tertiary/aromatic N) is 1. The van der Waals surface area contributed by atoms with Crippen LogP contribution in [0.3, 0.4) is 0 Å². The van der Waals surface area contributed by atoms with Gasteiger partial charge in [0.05, 0.1) is 17.6 Å². The number of carbonyl (C=O) groups excluding carboxylic acids is 2. The maximum Gasteiger partial charge on any atom is 0.355 e. The van der Waals surface area contributed by atoms with E-state index in [4.69, 9.17) is 4.74 Å². The summed E-state index contributed by atoms with van der Waals surface area (Å²) in [5, 5.41) is 9.78. The van der Waals surface area contributed by atoms with Crippen molar-refractivity contribution in [2.24, 2.45) is 0 Å². The Bertz CT molecular complexity index is 796. The first-order chi connectivity index (χ1) is 12.1. The van der Waals surface area contributed by atoms with E-state index in [0.29, 0.717) is 29.8 Å². The average Bonchev–Trinajstić information content (AvgIpc) is 3.04. The van der Waals surface area contributed by atoms with E-state index in [9.17, 15) is 23.1 Å². The summed E-state index contributed by atoms with van der Waals surface area (Å²) in [6.45, 7) is 6.71. The van der Waals surface area contributed by atoms with Gasteiger partial charge in [0.1, 0.15) is 5.69 Å². The van der Waals surface area contributed by atoms with Gasteiger partial charge in [0, 0.05) is 23.8 Å². The molecule has 2 heterocycles. The first-order valence-corrected chi connectivity index (χ1v) is 10.4. The molecule has 1 aliphatic heterocycles. The molecule has 8 nitrogen and oxygen atoms in total. The summed E-state index contributed by atoms with van der Waals surface area (Å²) in [4.78, 5) is 29.0. The van der Waals surface area contributed by atoms with Gasteiger partial charge in [-0.3, -0.25) is 4.79 Å². The van der Waals surface area contributed by atoms with Crippen molar-refractivity contribution in [1.29, 1.82) is 0 Å². The van der Waals surface area contributed by atoms with Crippen molar-refractivity contribution >= 4 is 21.7 Å². The van der Waals surface area contributed by atoms with Gasteiger partial charge in [0.25, 0.3) is 5.91 Å². The number of H-pyrrole nitrogens is 1. The van der Waals surface area contributed by atoms with Gasteiger partial charge < -0.3 is 19.7 Å². The number of aliphatic hydroxyl groups excluding tert-OH is 1. The minimum absolute atomic E-state index is 0.0484. The van der Waals surface area contributed by atoms with Crippen LogP contribution in [0.2, 0.25) is 0 Å². The van der Waals surface area contributed by atoms with Gasteiger partial charge in [-0.05, 0) is 39.7 Å². The number of ether oxygens (including phenoxy) is 1. The average molecular weight is 386 g/mol. The van der Waals surface area contributed by atoms with Crippen molar-refractivity contribution in [2.45, 2.75) is 46.3 Å². The molecule has 26 heavy (non-hydrogen) atoms. The van der Waals surface area contributed by atoms with Gasteiger partial charge in [-0.25, -0.2) is 13.2 Å². The lowest BCUT2D eigenvalue weighted by Crippen LogP contribution is -2.43. The molecular formula is C17H26N2O6S. The Morgan fingerprint density at radius 3 is 2.50 bits per heavy atom. The highest BCUT2D eigenvalue weighted by atomic mass is 32.2. The normalized spacial score (nSPS) is 20.0. The first kappa shape index (κ1) is 20.4. The maximum atomic E-state index is 12.4. The van der Waals surface area contributed by atoms with Gasteiger partial charge in [-0.1, -0.05) is 0 Å². The van der Waals surface area contributed by atoms with Gasteiger partial charge in [0.2, 0.25) is 0 Å². The van der Waals surface area contributed by atoms with Crippen LogP contribution in [0.25, 0.3) is 0 Å². The van der Waals surface area contributed by atoms with Crippen molar-refractivity contribution in [2.75, 3.05) is 24.7 Å². The van der Waals surface area contributed by atoms with Crippen LogP contribution in [0.5, 0.6) is 0 Å². The highest BCUT2D eigenvalue weighted by molar-refractivity contribution is 7.91. The van der Waals surface area contributed by atoms with Gasteiger partial charge in [0.15, 0.2) is 16.4 Å². The van der Waals surface area contributed by atoms with Crippen molar-refractivity contribution in [3.63, 3.8) is 0 Å². The fourth-order valence-electron chi connectivity index (χ4n) is 3.54. The lowest BCUT2D eigenvalue weighted by Gasteiger charge is -2.26. The second-order valence-corrected chi connectivity index (χ2v) is 8.88. The summed E-state index contributed by atoms with van der Waals surface area (Å²) in [7, 11) is -3.10. The zero-order valence-corrected chi connectivity index (χ0v) is 16.4. The van der Waals surface area contributed by atoms with E-state index in [1.807, 2.05) is 0 Å². The largest absolute Gasteiger partial charge is 0.451 e. The molecule has 1 amide bonds. The van der Waals surface area contributed by atoms with Crippen LogP contribution < -0.4 is 0 Å². The quantitative estimate of drug-likeness (QED) is 0.701. The second kappa shape index (κ2) is 7.79. The van der Waals surface area contributed by atoms with E-state index in [2.05, 4.69) is 4.98 Å². The number of aliphatic hydroxyl groups is 1. The van der Waals surface area contributed by atoms with E-state index in [1.54, 1.807) is 27.7 Å². The molecule has 0 radical (unpaired) electrons. The van der Waals surface area contributed by atoms with Crippen LogP contribution in [-0.4, -0.2) is 66.0 Å². The molecule has 2 atom stereocenters. The maximum absolute atomic E-state index is 12.4. The summed E-state index contributed by atoms with van der Waals surface area (Å²) in [6, 6.07) is -0.368. The molecule has 0 aromatic carbocycles. The predicted octanol–water partition coefficient (Wildman–Crippen LogP) is 0.877. The molecule has 1 aromatic rings. The third kappa shape index (κ3) is 4.27. The molecular weight excluding hydrogens is 360 g/mol. The molecule has 0 unspecified atom stereocenters. The van der Waals surface area contributed by atoms with Crippen molar-refractivity contribution in [3.05, 3.63) is 22.5 Å². The van der Waals surface area contributed by atoms with Crippen LogP contribution in [-0.2, 0) is 19.4 Å². The second-order valence-electron chi connectivity index (χ2n) is 6.65. The highest BCUT2D eigenvalue weighted by Crippen LogP contribution is 2.25. The summed E-state index contributed by atoms with van der Waals surface area (Å²) < 4.78 is 28.3. The minimum Gasteiger partial charge on any atom is -0.451 e. The molecule has 0 bridgehead atoms. The molecule has 1 saturated heterocycles. The fourth-order valence-corrected chi connectivity index (χ4v) is 5.27. The van der Waals surface area contributed by atoms with Crippen LogP contribution in [0.15, 0.2) is 0 Å². The van der Waals surface area contributed by atoms with Crippen LogP contribution in [0.4, 0.5) is 0 Å². The summed E-state index contributed by atoms with van der Waals surface area (Å²) in [5.74, 6) is -1.07. The van der Waals surface area contributed by atoms with Crippen molar-refractivity contribution in [3.8, 4) is 0 Å². The molecule has 0 spiro atoms. The minimum atomic E-state index is -3.10. The van der Waals surface area contributed by atoms with E-state index < -0.39 is 34.4 Å². The van der Waals surface area contributed by atoms with E-state index in [1.165, 1.54) is 4.90 Å². The number of sulfone groups is 1. The fraction of sp³-hybridized carbons (Fsp3) is 0.647. The Morgan fingerprint density at radius 1 is 1.38 bits per heavy atom. The van der Waals surface area contributed by atoms with E-state index in [0.717, 1.165) is 0 Å². The molecule has 9 heteroatoms. The van der Waals surface area contributed by atoms with Gasteiger partial charge in [-0.15, -0.1) is 0 Å². The number of esters is 1. The Balaban J connectivity index is 2.02. The number of carbonyl (C=O) groups is 2. The van der Waals surface area contributed by atoms with Crippen LogP contribution in [0.1, 0.15) is 53.7 Å². The number of likely N-dealkylation sites (N-methyl/N-ethyl adjacent to an activating group) is 1. The van der Waals surface area contributed by atoms with Gasteiger partial charge in [-0.2, -0.15) is 0 Å². The summed E-state index contributed by atoms with van der Waals surface area (Å²) in [5.41, 5.74) is 2.10. The molecule has 146 valence electrons. The topological polar surface area (TPSA) is 117 Å². The lowest BCUT2D eigenvalue weighted by molar-refractivity contribution is -0.136.